The maximum atomic E-state index is 12.8. The van der Waals surface area contributed by atoms with Crippen LogP contribution in [-0.4, -0.2) is 39.7 Å². The molecule has 0 atom stereocenters. The van der Waals surface area contributed by atoms with E-state index in [-0.39, 0.29) is 18.0 Å². The van der Waals surface area contributed by atoms with Gasteiger partial charge in [0.25, 0.3) is 5.91 Å². The van der Waals surface area contributed by atoms with Crippen molar-refractivity contribution in [3.63, 3.8) is 0 Å². The van der Waals surface area contributed by atoms with Gasteiger partial charge in [-0.25, -0.2) is 9.48 Å². The number of carbonyl (C=O) groups excluding carboxylic acids is 2. The van der Waals surface area contributed by atoms with Gasteiger partial charge in [0.05, 0.1) is 22.9 Å². The van der Waals surface area contributed by atoms with Crippen LogP contribution in [0, 0.1) is 6.92 Å². The molecule has 8 heteroatoms. The highest BCUT2D eigenvalue weighted by molar-refractivity contribution is 6.33. The summed E-state index contributed by atoms with van der Waals surface area (Å²) in [5.74, 6) is 0.660. The van der Waals surface area contributed by atoms with E-state index in [0.29, 0.717) is 29.6 Å². The van der Waals surface area contributed by atoms with Crippen LogP contribution in [0.2, 0.25) is 5.02 Å². The van der Waals surface area contributed by atoms with Crippen LogP contribution in [0.25, 0.3) is 0 Å². The number of aromatic nitrogens is 2. The number of likely N-dealkylation sites (tertiary alicyclic amines) is 1. The topological polar surface area (TPSA) is 79.3 Å². The fourth-order valence-corrected chi connectivity index (χ4v) is 3.99. The highest BCUT2D eigenvalue weighted by Crippen LogP contribution is 2.27. The summed E-state index contributed by atoms with van der Waals surface area (Å²) in [4.78, 5) is 27.1. The Bertz CT molecular complexity index is 1090. The molecule has 4 rings (SSSR count). The Kier molecular flexibility index (Phi) is 6.23. The van der Waals surface area contributed by atoms with Crippen LogP contribution in [0.15, 0.2) is 60.8 Å². The molecule has 160 valence electrons. The van der Waals surface area contributed by atoms with Crippen molar-refractivity contribution in [2.24, 2.45) is 0 Å². The lowest BCUT2D eigenvalue weighted by molar-refractivity contribution is 0.0691. The summed E-state index contributed by atoms with van der Waals surface area (Å²) >= 11 is 6.10. The maximum absolute atomic E-state index is 12.8. The zero-order chi connectivity index (χ0) is 21.8. The first-order valence-corrected chi connectivity index (χ1v) is 10.6. The first-order chi connectivity index (χ1) is 15.0. The Labute approximate surface area is 186 Å². The van der Waals surface area contributed by atoms with Gasteiger partial charge in [-0.15, -0.1) is 0 Å². The number of para-hydroxylation sites is 1. The highest BCUT2D eigenvalue weighted by atomic mass is 35.5. The van der Waals surface area contributed by atoms with Crippen LogP contribution in [-0.2, 0) is 0 Å². The number of rotatable bonds is 4. The molecule has 1 fully saturated rings. The minimum Gasteiger partial charge on any atom is -0.338 e. The van der Waals surface area contributed by atoms with Gasteiger partial charge in [-0.1, -0.05) is 41.4 Å². The second-order valence-corrected chi connectivity index (χ2v) is 8.02. The lowest BCUT2D eigenvalue weighted by Gasteiger charge is -2.32. The van der Waals surface area contributed by atoms with Crippen LogP contribution in [0.1, 0.15) is 34.8 Å². The van der Waals surface area contributed by atoms with Crippen LogP contribution >= 0.6 is 11.6 Å². The van der Waals surface area contributed by atoms with E-state index < -0.39 is 0 Å². The lowest BCUT2D eigenvalue weighted by Crippen LogP contribution is -2.39. The Morgan fingerprint density at radius 2 is 1.81 bits per heavy atom. The van der Waals surface area contributed by atoms with Crippen molar-refractivity contribution in [3.8, 4) is 0 Å². The third-order valence-electron chi connectivity index (χ3n) is 5.40. The molecule has 3 aromatic rings. The van der Waals surface area contributed by atoms with Crippen molar-refractivity contribution in [3.05, 3.63) is 76.9 Å². The number of piperidine rings is 1. The van der Waals surface area contributed by atoms with Gasteiger partial charge in [-0.3, -0.25) is 10.1 Å². The molecule has 1 aromatic heterocycles. The second kappa shape index (κ2) is 9.22. The molecule has 1 aliphatic rings. The number of halogens is 1. The molecule has 0 bridgehead atoms. The molecule has 0 saturated carbocycles. The predicted octanol–water partition coefficient (Wildman–Crippen LogP) is 4.97. The molecule has 7 nitrogen and oxygen atoms in total. The lowest BCUT2D eigenvalue weighted by atomic mass is 10.0. The van der Waals surface area contributed by atoms with Crippen LogP contribution in [0.4, 0.5) is 16.3 Å². The van der Waals surface area contributed by atoms with Crippen molar-refractivity contribution >= 4 is 35.0 Å². The summed E-state index contributed by atoms with van der Waals surface area (Å²) in [6.07, 6.45) is 3.19. The first-order valence-electron chi connectivity index (χ1n) is 10.2. The van der Waals surface area contributed by atoms with Gasteiger partial charge in [-0.05, 0) is 44.0 Å². The number of hydrogen-bond donors (Lipinski definition) is 2. The molecule has 2 heterocycles. The number of anilines is 2. The van der Waals surface area contributed by atoms with Crippen LogP contribution in [0.3, 0.4) is 0 Å². The fraction of sp³-hybridized carbons (Fsp3) is 0.261. The SMILES string of the molecule is Cc1cccc(C(=O)N2CCC(n3nccc3NC(=O)Nc3ccccc3Cl)CC2)c1. The van der Waals surface area contributed by atoms with E-state index in [1.807, 2.05) is 40.8 Å². The van der Waals surface area contributed by atoms with Gasteiger partial charge in [0, 0.05) is 24.7 Å². The number of urea groups is 1. The molecule has 1 aliphatic heterocycles. The number of amides is 3. The number of hydrogen-bond acceptors (Lipinski definition) is 3. The van der Waals surface area contributed by atoms with Crippen molar-refractivity contribution in [1.82, 2.24) is 14.7 Å². The maximum Gasteiger partial charge on any atom is 0.324 e. The van der Waals surface area contributed by atoms with E-state index >= 15 is 0 Å². The summed E-state index contributed by atoms with van der Waals surface area (Å²) in [6.45, 7) is 3.27. The zero-order valence-electron chi connectivity index (χ0n) is 17.2. The monoisotopic (exact) mass is 437 g/mol. The van der Waals surface area contributed by atoms with Gasteiger partial charge < -0.3 is 10.2 Å². The van der Waals surface area contributed by atoms with Crippen molar-refractivity contribution < 1.29 is 9.59 Å². The number of carbonyl (C=O) groups is 2. The predicted molar refractivity (Wildman–Crippen MR) is 122 cm³/mol. The highest BCUT2D eigenvalue weighted by Gasteiger charge is 2.26. The zero-order valence-corrected chi connectivity index (χ0v) is 18.0. The number of benzene rings is 2. The van der Waals surface area contributed by atoms with E-state index in [9.17, 15) is 9.59 Å². The summed E-state index contributed by atoms with van der Waals surface area (Å²) in [5, 5.41) is 10.5. The second-order valence-electron chi connectivity index (χ2n) is 7.61. The quantitative estimate of drug-likeness (QED) is 0.605. The average Bonchev–Trinajstić information content (AvgIpc) is 3.23. The minimum absolute atomic E-state index is 0.0556. The largest absolute Gasteiger partial charge is 0.338 e. The molecule has 0 unspecified atom stereocenters. The number of aryl methyl sites for hydroxylation is 1. The Hall–Kier alpha value is -3.32. The summed E-state index contributed by atoms with van der Waals surface area (Å²) in [6, 6.07) is 16.2. The first kappa shape index (κ1) is 20.9. The third-order valence-corrected chi connectivity index (χ3v) is 5.73. The molecule has 31 heavy (non-hydrogen) atoms. The number of nitrogens with zero attached hydrogens (tertiary/aromatic N) is 3. The molecular formula is C23H24ClN5O2. The Morgan fingerprint density at radius 1 is 1.03 bits per heavy atom. The van der Waals surface area contributed by atoms with Gasteiger partial charge in [-0.2, -0.15) is 5.10 Å². The fourth-order valence-electron chi connectivity index (χ4n) is 3.81. The molecular weight excluding hydrogens is 414 g/mol. The van der Waals surface area contributed by atoms with E-state index in [1.54, 1.807) is 36.5 Å². The summed E-state index contributed by atoms with van der Waals surface area (Å²) in [5.41, 5.74) is 2.33. The third kappa shape index (κ3) is 4.88. The summed E-state index contributed by atoms with van der Waals surface area (Å²) < 4.78 is 1.82. The smallest absolute Gasteiger partial charge is 0.324 e. The van der Waals surface area contributed by atoms with E-state index in [2.05, 4.69) is 15.7 Å². The molecule has 1 saturated heterocycles. The van der Waals surface area contributed by atoms with E-state index in [1.165, 1.54) is 0 Å². The molecule has 0 aliphatic carbocycles. The summed E-state index contributed by atoms with van der Waals surface area (Å²) in [7, 11) is 0. The normalized spacial score (nSPS) is 14.3. The molecule has 0 spiro atoms. The van der Waals surface area contributed by atoms with Gasteiger partial charge >= 0.3 is 6.03 Å². The number of nitrogens with one attached hydrogen (secondary N) is 2. The van der Waals surface area contributed by atoms with Crippen molar-refractivity contribution in [1.29, 1.82) is 0 Å². The molecule has 3 amide bonds. The Balaban J connectivity index is 1.37. The van der Waals surface area contributed by atoms with Gasteiger partial charge in [0.1, 0.15) is 5.82 Å². The van der Waals surface area contributed by atoms with E-state index in [4.69, 9.17) is 11.6 Å². The van der Waals surface area contributed by atoms with Gasteiger partial charge in [0.2, 0.25) is 0 Å². The molecule has 2 aromatic carbocycles. The van der Waals surface area contributed by atoms with Crippen molar-refractivity contribution in [2.45, 2.75) is 25.8 Å². The van der Waals surface area contributed by atoms with E-state index in [0.717, 1.165) is 24.0 Å². The standard InChI is InChI=1S/C23H24ClN5O2/c1-16-5-4-6-17(15-16)22(30)28-13-10-18(11-14-28)29-21(9-12-25-29)27-23(31)26-20-8-3-2-7-19(20)24/h2-9,12,15,18H,10-11,13-14H2,1H3,(H2,26,27,31). The van der Waals surface area contributed by atoms with Crippen LogP contribution in [0.5, 0.6) is 0 Å². The van der Waals surface area contributed by atoms with Crippen LogP contribution < -0.4 is 10.6 Å². The average molecular weight is 438 g/mol. The van der Waals surface area contributed by atoms with Crippen molar-refractivity contribution in [2.75, 3.05) is 23.7 Å². The minimum atomic E-state index is -0.387. The molecule has 2 N–H and O–H groups in total. The van der Waals surface area contributed by atoms with Gasteiger partial charge in [0.15, 0.2) is 0 Å². The molecule has 0 radical (unpaired) electrons. The Morgan fingerprint density at radius 3 is 2.55 bits per heavy atom.